The van der Waals surface area contributed by atoms with E-state index in [0.717, 1.165) is 13.0 Å². The molecule has 4 heteroatoms. The zero-order chi connectivity index (χ0) is 12.0. The Bertz CT molecular complexity index is 319. The van der Waals surface area contributed by atoms with E-state index in [9.17, 15) is 4.39 Å². The van der Waals surface area contributed by atoms with Crippen molar-refractivity contribution < 1.29 is 4.39 Å². The third-order valence-electron chi connectivity index (χ3n) is 2.34. The number of benzene rings is 1. The number of halogens is 3. The van der Waals surface area contributed by atoms with Crippen molar-refractivity contribution in [2.45, 2.75) is 32.6 Å². The lowest BCUT2D eigenvalue weighted by atomic mass is 10.2. The molecule has 0 amide bonds. The zero-order valence-electron chi connectivity index (χ0n) is 9.32. The monoisotopic (exact) mass is 263 g/mol. The summed E-state index contributed by atoms with van der Waals surface area (Å²) >= 11 is 11.8. The predicted molar refractivity (Wildman–Crippen MR) is 69.1 cm³/mol. The van der Waals surface area contributed by atoms with Gasteiger partial charge in [-0.05, 0) is 18.6 Å². The molecular weight excluding hydrogens is 248 g/mol. The van der Waals surface area contributed by atoms with Gasteiger partial charge in [-0.25, -0.2) is 4.39 Å². The molecule has 0 heterocycles. The lowest BCUT2D eigenvalue weighted by Crippen LogP contribution is -2.02. The third kappa shape index (κ3) is 4.18. The summed E-state index contributed by atoms with van der Waals surface area (Å²) in [4.78, 5) is 0. The number of rotatable bonds is 6. The van der Waals surface area contributed by atoms with E-state index in [1.165, 1.54) is 31.4 Å². The molecule has 0 aliphatic heterocycles. The Balaban J connectivity index is 2.47. The van der Waals surface area contributed by atoms with E-state index in [1.807, 2.05) is 0 Å². The Labute approximate surface area is 106 Å². The first kappa shape index (κ1) is 13.6. The van der Waals surface area contributed by atoms with Crippen molar-refractivity contribution in [2.24, 2.45) is 0 Å². The Hall–Kier alpha value is -0.470. The molecule has 0 bridgehead atoms. The molecule has 0 aliphatic rings. The summed E-state index contributed by atoms with van der Waals surface area (Å²) in [5, 5.41) is 3.80. The molecule has 1 aromatic carbocycles. The second-order valence-electron chi connectivity index (χ2n) is 3.73. The van der Waals surface area contributed by atoms with E-state index >= 15 is 0 Å². The van der Waals surface area contributed by atoms with Crippen LogP contribution in [0, 0.1) is 5.82 Å². The molecule has 0 saturated carbocycles. The minimum atomic E-state index is -0.411. The molecule has 0 atom stereocenters. The number of hydrogen-bond donors (Lipinski definition) is 1. The highest BCUT2D eigenvalue weighted by Crippen LogP contribution is 2.31. The molecule has 0 aliphatic carbocycles. The normalized spacial score (nSPS) is 10.5. The second kappa shape index (κ2) is 6.97. The van der Waals surface area contributed by atoms with E-state index in [2.05, 4.69) is 12.2 Å². The largest absolute Gasteiger partial charge is 0.383 e. The van der Waals surface area contributed by atoms with Crippen LogP contribution < -0.4 is 5.32 Å². The van der Waals surface area contributed by atoms with E-state index < -0.39 is 5.82 Å². The van der Waals surface area contributed by atoms with Crippen molar-refractivity contribution in [3.05, 3.63) is 28.0 Å². The lowest BCUT2D eigenvalue weighted by molar-refractivity contribution is 0.628. The Morgan fingerprint density at radius 3 is 2.31 bits per heavy atom. The summed E-state index contributed by atoms with van der Waals surface area (Å²) in [5.74, 6) is -0.411. The van der Waals surface area contributed by atoms with Crippen LogP contribution in [0.2, 0.25) is 10.0 Å². The predicted octanol–water partition coefficient (Wildman–Crippen LogP) is 5.12. The van der Waals surface area contributed by atoms with Crippen LogP contribution in [-0.4, -0.2) is 6.54 Å². The van der Waals surface area contributed by atoms with E-state index in [0.29, 0.717) is 15.7 Å². The molecule has 1 N–H and O–H groups in total. The van der Waals surface area contributed by atoms with Crippen LogP contribution in [0.15, 0.2) is 12.1 Å². The van der Waals surface area contributed by atoms with Crippen molar-refractivity contribution in [1.82, 2.24) is 0 Å². The van der Waals surface area contributed by atoms with Crippen molar-refractivity contribution in [3.63, 3.8) is 0 Å². The van der Waals surface area contributed by atoms with E-state index in [-0.39, 0.29) is 0 Å². The average molecular weight is 264 g/mol. The van der Waals surface area contributed by atoms with Gasteiger partial charge in [0.25, 0.3) is 0 Å². The van der Waals surface area contributed by atoms with Gasteiger partial charge in [-0.3, -0.25) is 0 Å². The number of nitrogens with one attached hydrogen (secondary N) is 1. The lowest BCUT2D eigenvalue weighted by Gasteiger charge is -2.10. The maximum absolute atomic E-state index is 12.9. The fourth-order valence-electron chi connectivity index (χ4n) is 1.48. The maximum atomic E-state index is 12.9. The smallest absolute Gasteiger partial charge is 0.126 e. The van der Waals surface area contributed by atoms with Gasteiger partial charge in [0.15, 0.2) is 0 Å². The highest BCUT2D eigenvalue weighted by molar-refractivity contribution is 6.39. The molecule has 0 aromatic heterocycles. The van der Waals surface area contributed by atoms with Crippen LogP contribution in [0.25, 0.3) is 0 Å². The van der Waals surface area contributed by atoms with Crippen LogP contribution in [0.1, 0.15) is 32.6 Å². The SMILES string of the molecule is CCCCCCNc1c(Cl)cc(F)cc1Cl. The van der Waals surface area contributed by atoms with Gasteiger partial charge >= 0.3 is 0 Å². The molecule has 90 valence electrons. The van der Waals surface area contributed by atoms with Crippen LogP contribution in [0.5, 0.6) is 0 Å². The van der Waals surface area contributed by atoms with Crippen molar-refractivity contribution in [3.8, 4) is 0 Å². The topological polar surface area (TPSA) is 12.0 Å². The average Bonchev–Trinajstić information content (AvgIpc) is 2.20. The number of anilines is 1. The van der Waals surface area contributed by atoms with Crippen LogP contribution in [0.3, 0.4) is 0 Å². The first-order chi connectivity index (χ1) is 7.65. The van der Waals surface area contributed by atoms with Gasteiger partial charge in [0.1, 0.15) is 5.82 Å². The maximum Gasteiger partial charge on any atom is 0.126 e. The minimum Gasteiger partial charge on any atom is -0.383 e. The summed E-state index contributed by atoms with van der Waals surface area (Å²) in [6, 6.07) is 2.53. The van der Waals surface area contributed by atoms with Gasteiger partial charge in [0.05, 0.1) is 15.7 Å². The van der Waals surface area contributed by atoms with Gasteiger partial charge in [0, 0.05) is 6.54 Å². The highest BCUT2D eigenvalue weighted by Gasteiger charge is 2.07. The fourth-order valence-corrected chi connectivity index (χ4v) is 2.07. The summed E-state index contributed by atoms with van der Waals surface area (Å²) in [7, 11) is 0. The third-order valence-corrected chi connectivity index (χ3v) is 2.94. The Morgan fingerprint density at radius 2 is 1.75 bits per heavy atom. The molecule has 16 heavy (non-hydrogen) atoms. The molecule has 1 rings (SSSR count). The summed E-state index contributed by atoms with van der Waals surface area (Å²) in [6.45, 7) is 2.98. The molecular formula is C12H16Cl2FN. The van der Waals surface area contributed by atoms with Gasteiger partial charge in [-0.2, -0.15) is 0 Å². The fraction of sp³-hybridized carbons (Fsp3) is 0.500. The van der Waals surface area contributed by atoms with Crippen LogP contribution in [0.4, 0.5) is 10.1 Å². The van der Waals surface area contributed by atoms with Crippen LogP contribution >= 0.6 is 23.2 Å². The van der Waals surface area contributed by atoms with Crippen LogP contribution in [-0.2, 0) is 0 Å². The molecule has 1 nitrogen and oxygen atoms in total. The summed E-state index contributed by atoms with van der Waals surface area (Å²) in [6.07, 6.45) is 4.68. The van der Waals surface area contributed by atoms with E-state index in [4.69, 9.17) is 23.2 Å². The van der Waals surface area contributed by atoms with E-state index in [1.54, 1.807) is 0 Å². The standard InChI is InChI=1S/C12H16Cl2FN/c1-2-3-4-5-6-16-12-10(13)7-9(15)8-11(12)14/h7-8,16H,2-6H2,1H3. The Morgan fingerprint density at radius 1 is 1.12 bits per heavy atom. The number of unbranched alkanes of at least 4 members (excludes halogenated alkanes) is 3. The van der Waals surface area contributed by atoms with Gasteiger partial charge in [0.2, 0.25) is 0 Å². The summed E-state index contributed by atoms with van der Waals surface area (Å²) < 4.78 is 12.9. The highest BCUT2D eigenvalue weighted by atomic mass is 35.5. The van der Waals surface area contributed by atoms with Gasteiger partial charge < -0.3 is 5.32 Å². The molecule has 0 radical (unpaired) electrons. The van der Waals surface area contributed by atoms with Crippen molar-refractivity contribution >= 4 is 28.9 Å². The Kier molecular flexibility index (Phi) is 5.93. The van der Waals surface area contributed by atoms with Crippen molar-refractivity contribution in [1.29, 1.82) is 0 Å². The first-order valence-corrected chi connectivity index (χ1v) is 6.29. The van der Waals surface area contributed by atoms with Gasteiger partial charge in [-0.1, -0.05) is 49.4 Å². The summed E-state index contributed by atoms with van der Waals surface area (Å²) in [5.41, 5.74) is 0.626. The minimum absolute atomic E-state index is 0.334. The van der Waals surface area contributed by atoms with Crippen molar-refractivity contribution in [2.75, 3.05) is 11.9 Å². The quantitative estimate of drug-likeness (QED) is 0.703. The van der Waals surface area contributed by atoms with Gasteiger partial charge in [-0.15, -0.1) is 0 Å². The molecule has 0 spiro atoms. The number of hydrogen-bond acceptors (Lipinski definition) is 1. The molecule has 0 unspecified atom stereocenters. The second-order valence-corrected chi connectivity index (χ2v) is 4.55. The molecule has 1 aromatic rings. The molecule has 0 saturated heterocycles. The first-order valence-electron chi connectivity index (χ1n) is 5.53. The zero-order valence-corrected chi connectivity index (χ0v) is 10.8. The molecule has 0 fully saturated rings.